The number of hydrogen-bond acceptors (Lipinski definition) is 5. The number of carbonyl (C=O) groups is 2. The molecule has 0 unspecified atom stereocenters. The first kappa shape index (κ1) is 18.5. The van der Waals surface area contributed by atoms with E-state index in [0.29, 0.717) is 30.8 Å². The minimum atomic E-state index is -0.436. The smallest absolute Gasteiger partial charge is 0.337 e. The Morgan fingerprint density at radius 2 is 1.84 bits per heavy atom. The summed E-state index contributed by atoms with van der Waals surface area (Å²) in [7, 11) is 2.95. The quantitative estimate of drug-likeness (QED) is 0.570. The van der Waals surface area contributed by atoms with Crippen LogP contribution in [0.1, 0.15) is 22.3 Å². The van der Waals surface area contributed by atoms with E-state index in [1.165, 1.54) is 7.11 Å². The molecule has 2 N–H and O–H groups in total. The molecule has 0 heterocycles. The third-order valence-electron chi connectivity index (χ3n) is 3.60. The van der Waals surface area contributed by atoms with Crippen molar-refractivity contribution in [3.63, 3.8) is 0 Å². The maximum atomic E-state index is 12.0. The third-order valence-corrected chi connectivity index (χ3v) is 3.60. The van der Waals surface area contributed by atoms with Gasteiger partial charge < -0.3 is 20.1 Å². The van der Waals surface area contributed by atoms with Crippen LogP contribution in [0.2, 0.25) is 0 Å². The highest BCUT2D eigenvalue weighted by Crippen LogP contribution is 2.16. The monoisotopic (exact) mass is 342 g/mol. The minimum absolute atomic E-state index is 0.130. The lowest BCUT2D eigenvalue weighted by Gasteiger charge is -2.10. The van der Waals surface area contributed by atoms with E-state index in [0.717, 1.165) is 11.3 Å². The molecule has 0 saturated carbocycles. The zero-order valence-electron chi connectivity index (χ0n) is 14.4. The molecular weight excluding hydrogens is 320 g/mol. The Labute approximate surface area is 147 Å². The van der Waals surface area contributed by atoms with Crippen molar-refractivity contribution in [3.8, 4) is 5.75 Å². The fourth-order valence-corrected chi connectivity index (χ4v) is 2.34. The van der Waals surface area contributed by atoms with Crippen molar-refractivity contribution in [1.82, 2.24) is 5.32 Å². The van der Waals surface area contributed by atoms with Crippen molar-refractivity contribution in [2.24, 2.45) is 0 Å². The molecule has 0 spiro atoms. The van der Waals surface area contributed by atoms with Gasteiger partial charge in [-0.1, -0.05) is 24.3 Å². The van der Waals surface area contributed by atoms with E-state index in [9.17, 15) is 9.59 Å². The number of methoxy groups -OCH3 is 2. The fourth-order valence-electron chi connectivity index (χ4n) is 2.34. The zero-order valence-corrected chi connectivity index (χ0v) is 14.4. The summed E-state index contributed by atoms with van der Waals surface area (Å²) in [5.41, 5.74) is 2.00. The Morgan fingerprint density at radius 1 is 1.04 bits per heavy atom. The van der Waals surface area contributed by atoms with Crippen molar-refractivity contribution >= 4 is 17.6 Å². The summed E-state index contributed by atoms with van der Waals surface area (Å²) in [4.78, 5) is 23.5. The summed E-state index contributed by atoms with van der Waals surface area (Å²) >= 11 is 0. The first-order chi connectivity index (χ1) is 12.1. The lowest BCUT2D eigenvalue weighted by Crippen LogP contribution is -2.21. The summed E-state index contributed by atoms with van der Waals surface area (Å²) < 4.78 is 9.95. The highest BCUT2D eigenvalue weighted by Gasteiger charge is 2.08. The molecule has 132 valence electrons. The van der Waals surface area contributed by atoms with Gasteiger partial charge in [0, 0.05) is 30.8 Å². The third kappa shape index (κ3) is 5.61. The summed E-state index contributed by atoms with van der Waals surface area (Å²) in [5, 5.41) is 5.99. The van der Waals surface area contributed by atoms with Crippen LogP contribution in [0.4, 0.5) is 5.69 Å². The van der Waals surface area contributed by atoms with Gasteiger partial charge in [0.25, 0.3) is 0 Å². The second-order valence-electron chi connectivity index (χ2n) is 5.36. The maximum Gasteiger partial charge on any atom is 0.337 e. The largest absolute Gasteiger partial charge is 0.496 e. The molecule has 0 aliphatic heterocycles. The van der Waals surface area contributed by atoms with E-state index in [2.05, 4.69) is 15.4 Å². The average molecular weight is 342 g/mol. The molecule has 0 saturated heterocycles. The van der Waals surface area contributed by atoms with Gasteiger partial charge in [-0.15, -0.1) is 0 Å². The number of hydrogen-bond donors (Lipinski definition) is 2. The van der Waals surface area contributed by atoms with E-state index in [1.807, 2.05) is 24.3 Å². The molecule has 2 aromatic carbocycles. The van der Waals surface area contributed by atoms with Gasteiger partial charge in [-0.25, -0.2) is 4.79 Å². The highest BCUT2D eigenvalue weighted by atomic mass is 16.5. The van der Waals surface area contributed by atoms with Gasteiger partial charge in [0.15, 0.2) is 0 Å². The van der Waals surface area contributed by atoms with Crippen molar-refractivity contribution in [2.45, 2.75) is 13.0 Å². The molecule has 0 bridgehead atoms. The molecule has 0 radical (unpaired) electrons. The van der Waals surface area contributed by atoms with E-state index >= 15 is 0 Å². The predicted octanol–water partition coefficient (Wildman–Crippen LogP) is 2.60. The van der Waals surface area contributed by atoms with Crippen LogP contribution in [-0.2, 0) is 16.1 Å². The first-order valence-corrected chi connectivity index (χ1v) is 7.95. The highest BCUT2D eigenvalue weighted by molar-refractivity contribution is 5.94. The molecule has 2 aromatic rings. The topological polar surface area (TPSA) is 76.7 Å². The number of anilines is 1. The van der Waals surface area contributed by atoms with E-state index in [-0.39, 0.29) is 5.91 Å². The minimum Gasteiger partial charge on any atom is -0.496 e. The van der Waals surface area contributed by atoms with Crippen LogP contribution >= 0.6 is 0 Å². The lowest BCUT2D eigenvalue weighted by atomic mass is 10.2. The molecule has 6 nitrogen and oxygen atoms in total. The van der Waals surface area contributed by atoms with Crippen LogP contribution < -0.4 is 15.4 Å². The SMILES string of the molecule is COC(=O)c1cccc(NC(=O)CCNCc2ccccc2OC)c1. The Bertz CT molecular complexity index is 731. The molecule has 6 heteroatoms. The van der Waals surface area contributed by atoms with Crippen molar-refractivity contribution in [2.75, 3.05) is 26.1 Å². The van der Waals surface area contributed by atoms with E-state index in [1.54, 1.807) is 31.4 Å². The normalized spacial score (nSPS) is 10.2. The second kappa shape index (κ2) is 9.44. The Balaban J connectivity index is 1.78. The molecule has 0 aliphatic carbocycles. The molecule has 0 atom stereocenters. The van der Waals surface area contributed by atoms with Gasteiger partial charge in [-0.05, 0) is 24.3 Å². The fraction of sp³-hybridized carbons (Fsp3) is 0.263. The molecule has 0 aliphatic rings. The van der Waals surface area contributed by atoms with Gasteiger partial charge in [0.2, 0.25) is 5.91 Å². The van der Waals surface area contributed by atoms with Gasteiger partial charge in [0.05, 0.1) is 19.8 Å². The van der Waals surface area contributed by atoms with Gasteiger partial charge in [-0.3, -0.25) is 4.79 Å². The number of para-hydroxylation sites is 1. The number of nitrogens with one attached hydrogen (secondary N) is 2. The summed E-state index contributed by atoms with van der Waals surface area (Å²) in [6, 6.07) is 14.4. The maximum absolute atomic E-state index is 12.0. The molecule has 1 amide bonds. The lowest BCUT2D eigenvalue weighted by molar-refractivity contribution is -0.116. The van der Waals surface area contributed by atoms with Crippen LogP contribution in [0, 0.1) is 0 Å². The van der Waals surface area contributed by atoms with Crippen LogP contribution in [0.5, 0.6) is 5.75 Å². The van der Waals surface area contributed by atoms with Crippen molar-refractivity contribution in [1.29, 1.82) is 0 Å². The van der Waals surface area contributed by atoms with Crippen LogP contribution in [0.15, 0.2) is 48.5 Å². The number of carbonyl (C=O) groups excluding carboxylic acids is 2. The van der Waals surface area contributed by atoms with Crippen LogP contribution in [0.3, 0.4) is 0 Å². The zero-order chi connectivity index (χ0) is 18.1. The number of benzene rings is 2. The van der Waals surface area contributed by atoms with Crippen LogP contribution in [-0.4, -0.2) is 32.6 Å². The number of rotatable bonds is 8. The number of esters is 1. The predicted molar refractivity (Wildman–Crippen MR) is 95.7 cm³/mol. The molecule has 2 rings (SSSR count). The van der Waals surface area contributed by atoms with Gasteiger partial charge in [0.1, 0.15) is 5.75 Å². The molecular formula is C19H22N2O4. The first-order valence-electron chi connectivity index (χ1n) is 7.95. The Hall–Kier alpha value is -2.86. The Kier molecular flexibility index (Phi) is 6.98. The number of ether oxygens (including phenoxy) is 2. The van der Waals surface area contributed by atoms with E-state index < -0.39 is 5.97 Å². The summed E-state index contributed by atoms with van der Waals surface area (Å²) in [5.74, 6) is 0.253. The van der Waals surface area contributed by atoms with Gasteiger partial charge >= 0.3 is 5.97 Å². The van der Waals surface area contributed by atoms with Crippen molar-refractivity contribution < 1.29 is 19.1 Å². The summed E-state index contributed by atoms with van der Waals surface area (Å²) in [6.45, 7) is 1.15. The second-order valence-corrected chi connectivity index (χ2v) is 5.36. The molecule has 0 fully saturated rings. The van der Waals surface area contributed by atoms with Gasteiger partial charge in [-0.2, -0.15) is 0 Å². The molecule has 25 heavy (non-hydrogen) atoms. The Morgan fingerprint density at radius 3 is 2.60 bits per heavy atom. The summed E-state index contributed by atoms with van der Waals surface area (Å²) in [6.07, 6.45) is 0.317. The number of amides is 1. The van der Waals surface area contributed by atoms with E-state index in [4.69, 9.17) is 4.74 Å². The van der Waals surface area contributed by atoms with Crippen LogP contribution in [0.25, 0.3) is 0 Å². The standard InChI is InChI=1S/C19H22N2O4/c1-24-17-9-4-3-6-15(17)13-20-11-10-18(22)21-16-8-5-7-14(12-16)19(23)25-2/h3-9,12,20H,10-11,13H2,1-2H3,(H,21,22). The molecule has 0 aromatic heterocycles. The average Bonchev–Trinajstić information content (AvgIpc) is 2.65. The van der Waals surface area contributed by atoms with Crippen molar-refractivity contribution in [3.05, 3.63) is 59.7 Å².